The predicted octanol–water partition coefficient (Wildman–Crippen LogP) is 2.82. The van der Waals surface area contributed by atoms with Crippen molar-refractivity contribution in [3.05, 3.63) is 87.6 Å². The van der Waals surface area contributed by atoms with E-state index < -0.39 is 11.5 Å². The molecule has 142 valence electrons. The number of methoxy groups -OCH3 is 1. The Hall–Kier alpha value is -3.74. The van der Waals surface area contributed by atoms with Gasteiger partial charge in [-0.05, 0) is 48.9 Å². The lowest BCUT2D eigenvalue weighted by Crippen LogP contribution is -2.20. The number of H-pyrrole nitrogens is 1. The van der Waals surface area contributed by atoms with Gasteiger partial charge in [0.25, 0.3) is 11.5 Å². The van der Waals surface area contributed by atoms with Crippen molar-refractivity contribution >= 4 is 17.4 Å². The third kappa shape index (κ3) is 4.70. The number of aromatic amines is 1. The number of benzene rings is 2. The van der Waals surface area contributed by atoms with Crippen LogP contribution in [0, 0.1) is 0 Å². The molecule has 0 bridgehead atoms. The molecule has 0 saturated heterocycles. The van der Waals surface area contributed by atoms with Gasteiger partial charge in [-0.25, -0.2) is 4.98 Å². The van der Waals surface area contributed by atoms with E-state index in [0.717, 1.165) is 17.4 Å². The van der Waals surface area contributed by atoms with E-state index in [2.05, 4.69) is 15.3 Å². The minimum Gasteiger partial charge on any atom is -0.497 e. The van der Waals surface area contributed by atoms with E-state index in [0.29, 0.717) is 23.5 Å². The number of ether oxygens (including phenoxy) is 1. The van der Waals surface area contributed by atoms with Crippen LogP contribution in [0.3, 0.4) is 0 Å². The summed E-state index contributed by atoms with van der Waals surface area (Å²) in [6.07, 6.45) is 0.369. The number of nitrogens with one attached hydrogen (secondary N) is 2. The molecule has 3 rings (SSSR count). The van der Waals surface area contributed by atoms with Crippen LogP contribution in [-0.2, 0) is 6.42 Å². The van der Waals surface area contributed by atoms with Crippen LogP contribution in [0.5, 0.6) is 5.75 Å². The molecule has 2 aromatic carbocycles. The Balaban J connectivity index is 1.76. The van der Waals surface area contributed by atoms with E-state index in [-0.39, 0.29) is 11.5 Å². The van der Waals surface area contributed by atoms with Crippen molar-refractivity contribution in [2.75, 3.05) is 12.4 Å². The van der Waals surface area contributed by atoms with E-state index >= 15 is 0 Å². The Morgan fingerprint density at radius 2 is 1.75 bits per heavy atom. The minimum atomic E-state index is -0.502. The van der Waals surface area contributed by atoms with Gasteiger partial charge in [-0.15, -0.1) is 0 Å². The van der Waals surface area contributed by atoms with Gasteiger partial charge in [-0.3, -0.25) is 14.4 Å². The molecule has 0 saturated carbocycles. The maximum atomic E-state index is 12.5. The van der Waals surface area contributed by atoms with Crippen molar-refractivity contribution in [1.29, 1.82) is 0 Å². The van der Waals surface area contributed by atoms with Crippen LogP contribution in [0.1, 0.15) is 39.2 Å². The van der Waals surface area contributed by atoms with Gasteiger partial charge in [0.1, 0.15) is 17.3 Å². The fourth-order valence-electron chi connectivity index (χ4n) is 2.63. The second kappa shape index (κ2) is 8.30. The molecule has 0 aliphatic carbocycles. The van der Waals surface area contributed by atoms with Crippen molar-refractivity contribution in [2.45, 2.75) is 13.3 Å². The van der Waals surface area contributed by atoms with E-state index in [4.69, 9.17) is 4.74 Å². The van der Waals surface area contributed by atoms with Gasteiger partial charge in [0.2, 0.25) is 0 Å². The molecule has 0 aliphatic rings. The molecule has 0 aliphatic heterocycles. The third-order valence-electron chi connectivity index (χ3n) is 4.10. The Morgan fingerprint density at radius 3 is 2.36 bits per heavy atom. The van der Waals surface area contributed by atoms with E-state index in [1.807, 2.05) is 24.3 Å². The highest BCUT2D eigenvalue weighted by atomic mass is 16.5. The quantitative estimate of drug-likeness (QED) is 0.643. The first kappa shape index (κ1) is 19.0. The monoisotopic (exact) mass is 377 g/mol. The number of Topliss-reactive ketones (excluding diaryl/α,β-unsaturated/α-hetero) is 1. The van der Waals surface area contributed by atoms with Crippen molar-refractivity contribution < 1.29 is 14.3 Å². The summed E-state index contributed by atoms with van der Waals surface area (Å²) in [7, 11) is 1.59. The number of carbonyl (C=O) groups is 2. The number of anilines is 1. The molecule has 3 aromatic rings. The summed E-state index contributed by atoms with van der Waals surface area (Å²) < 4.78 is 5.12. The second-order valence-electron chi connectivity index (χ2n) is 6.19. The predicted molar refractivity (Wildman–Crippen MR) is 105 cm³/mol. The van der Waals surface area contributed by atoms with Gasteiger partial charge in [-0.2, -0.15) is 0 Å². The smallest absolute Gasteiger partial charge is 0.274 e. The van der Waals surface area contributed by atoms with Gasteiger partial charge < -0.3 is 15.0 Å². The summed E-state index contributed by atoms with van der Waals surface area (Å²) in [4.78, 5) is 42.6. The summed E-state index contributed by atoms with van der Waals surface area (Å²) >= 11 is 0. The maximum Gasteiger partial charge on any atom is 0.274 e. The van der Waals surface area contributed by atoms with Crippen LogP contribution in [0.25, 0.3) is 0 Å². The average Bonchev–Trinajstić information content (AvgIpc) is 2.68. The zero-order valence-corrected chi connectivity index (χ0v) is 15.5. The standard InChI is InChI=1S/C21H19N3O4/c1-13(25)15-5-7-16(8-6-15)22-21(27)18-12-20(26)24-19(23-18)11-14-3-9-17(28-2)10-4-14/h3-10,12H,11H2,1-2H3,(H,22,27)(H,23,24,26). The zero-order chi connectivity index (χ0) is 20.1. The lowest BCUT2D eigenvalue weighted by molar-refractivity contribution is 0.101. The van der Waals surface area contributed by atoms with E-state index in [1.54, 1.807) is 31.4 Å². The Bertz CT molecular complexity index is 1050. The first-order valence-corrected chi connectivity index (χ1v) is 8.60. The number of ketones is 1. The summed E-state index contributed by atoms with van der Waals surface area (Å²) in [5, 5.41) is 2.68. The number of carbonyl (C=O) groups excluding carboxylic acids is 2. The van der Waals surface area contributed by atoms with Gasteiger partial charge >= 0.3 is 0 Å². The molecule has 2 N–H and O–H groups in total. The van der Waals surface area contributed by atoms with Gasteiger partial charge in [-0.1, -0.05) is 12.1 Å². The summed E-state index contributed by atoms with van der Waals surface area (Å²) in [5.74, 6) is 0.554. The molecule has 1 aromatic heterocycles. The van der Waals surface area contributed by atoms with E-state index in [1.165, 1.54) is 6.92 Å². The molecule has 1 heterocycles. The lowest BCUT2D eigenvalue weighted by Gasteiger charge is -2.07. The molecular formula is C21H19N3O4. The van der Waals surface area contributed by atoms with Crippen LogP contribution in [-0.4, -0.2) is 28.8 Å². The second-order valence-corrected chi connectivity index (χ2v) is 6.19. The Morgan fingerprint density at radius 1 is 1.07 bits per heavy atom. The number of hydrogen-bond donors (Lipinski definition) is 2. The summed E-state index contributed by atoms with van der Waals surface area (Å²) in [6, 6.07) is 15.0. The van der Waals surface area contributed by atoms with Crippen molar-refractivity contribution in [1.82, 2.24) is 9.97 Å². The number of hydrogen-bond acceptors (Lipinski definition) is 5. The topological polar surface area (TPSA) is 101 Å². The molecule has 0 spiro atoms. The van der Waals surface area contributed by atoms with Crippen LogP contribution < -0.4 is 15.6 Å². The Kier molecular flexibility index (Phi) is 5.64. The molecule has 0 unspecified atom stereocenters. The van der Waals surface area contributed by atoms with Crippen LogP contribution in [0.4, 0.5) is 5.69 Å². The highest BCUT2D eigenvalue weighted by Gasteiger charge is 2.12. The normalized spacial score (nSPS) is 10.4. The van der Waals surface area contributed by atoms with Crippen molar-refractivity contribution in [2.24, 2.45) is 0 Å². The number of aromatic nitrogens is 2. The Labute approximate surface area is 161 Å². The first-order valence-electron chi connectivity index (χ1n) is 8.60. The molecule has 0 fully saturated rings. The van der Waals surface area contributed by atoms with Crippen molar-refractivity contribution in [3.8, 4) is 5.75 Å². The average molecular weight is 377 g/mol. The highest BCUT2D eigenvalue weighted by molar-refractivity contribution is 6.03. The maximum absolute atomic E-state index is 12.5. The minimum absolute atomic E-state index is 0.0166. The number of amides is 1. The summed E-state index contributed by atoms with van der Waals surface area (Å²) in [5.41, 5.74) is 1.59. The largest absolute Gasteiger partial charge is 0.497 e. The number of rotatable bonds is 6. The van der Waals surface area contributed by atoms with Crippen LogP contribution >= 0.6 is 0 Å². The van der Waals surface area contributed by atoms with Crippen LogP contribution in [0.15, 0.2) is 59.4 Å². The third-order valence-corrected chi connectivity index (χ3v) is 4.10. The van der Waals surface area contributed by atoms with Gasteiger partial charge in [0.15, 0.2) is 5.78 Å². The highest BCUT2D eigenvalue weighted by Crippen LogP contribution is 2.14. The SMILES string of the molecule is COc1ccc(Cc2nc(C(=O)Nc3ccc(C(C)=O)cc3)cc(=O)[nH]2)cc1. The molecule has 0 atom stereocenters. The molecule has 28 heavy (non-hydrogen) atoms. The fraction of sp³-hybridized carbons (Fsp3) is 0.143. The van der Waals surface area contributed by atoms with Crippen molar-refractivity contribution in [3.63, 3.8) is 0 Å². The van der Waals surface area contributed by atoms with Crippen LogP contribution in [0.2, 0.25) is 0 Å². The number of nitrogens with zero attached hydrogens (tertiary/aromatic N) is 1. The van der Waals surface area contributed by atoms with Gasteiger partial charge in [0, 0.05) is 23.7 Å². The molecule has 0 radical (unpaired) electrons. The molecule has 7 nitrogen and oxygen atoms in total. The first-order chi connectivity index (χ1) is 13.4. The zero-order valence-electron chi connectivity index (χ0n) is 15.5. The summed E-state index contributed by atoms with van der Waals surface area (Å²) in [6.45, 7) is 1.47. The fourth-order valence-corrected chi connectivity index (χ4v) is 2.63. The van der Waals surface area contributed by atoms with Gasteiger partial charge in [0.05, 0.1) is 7.11 Å². The molecule has 1 amide bonds. The molecule has 7 heteroatoms. The molecular weight excluding hydrogens is 358 g/mol. The lowest BCUT2D eigenvalue weighted by atomic mass is 10.1. The van der Waals surface area contributed by atoms with E-state index in [9.17, 15) is 14.4 Å².